The number of H-pyrrole nitrogens is 1. The molecule has 1 heterocycles. The summed E-state index contributed by atoms with van der Waals surface area (Å²) in [5.74, 6) is 0.427. The normalized spacial score (nSPS) is 11.2. The molecule has 0 aliphatic rings. The Morgan fingerprint density at radius 1 is 1.17 bits per heavy atom. The molecule has 0 unspecified atom stereocenters. The number of aromatic nitrogens is 2. The van der Waals surface area contributed by atoms with Crippen LogP contribution in [0.5, 0.6) is 0 Å². The highest BCUT2D eigenvalue weighted by atomic mass is 16.5. The van der Waals surface area contributed by atoms with Gasteiger partial charge >= 0.3 is 5.69 Å². The van der Waals surface area contributed by atoms with E-state index in [0.29, 0.717) is 38.5 Å². The van der Waals surface area contributed by atoms with Gasteiger partial charge in [0.25, 0.3) is 5.56 Å². The highest BCUT2D eigenvalue weighted by Gasteiger charge is 2.19. The first-order chi connectivity index (χ1) is 10.9. The number of nitrogens with zero attached hydrogens (tertiary/aromatic N) is 2. The lowest BCUT2D eigenvalue weighted by Crippen LogP contribution is -2.40. The minimum atomic E-state index is -0.478. The summed E-state index contributed by atoms with van der Waals surface area (Å²) < 4.78 is 11.6. The molecule has 0 atom stereocenters. The van der Waals surface area contributed by atoms with Crippen LogP contribution in [0.15, 0.2) is 9.59 Å². The van der Waals surface area contributed by atoms with E-state index in [-0.39, 0.29) is 11.7 Å². The zero-order valence-electron chi connectivity index (χ0n) is 14.4. The van der Waals surface area contributed by atoms with Crippen molar-refractivity contribution in [2.24, 2.45) is 5.92 Å². The smallest absolute Gasteiger partial charge is 0.330 e. The van der Waals surface area contributed by atoms with Crippen molar-refractivity contribution in [1.82, 2.24) is 9.55 Å². The number of anilines is 2. The third kappa shape index (κ3) is 5.40. The number of methoxy groups -OCH3 is 2. The number of nitrogen functional groups attached to an aromatic ring is 1. The Hall–Kier alpha value is -1.80. The number of rotatable bonds is 10. The Bertz CT molecular complexity index is 594. The van der Waals surface area contributed by atoms with Crippen molar-refractivity contribution in [3.63, 3.8) is 0 Å². The molecule has 0 amide bonds. The van der Waals surface area contributed by atoms with Crippen molar-refractivity contribution in [2.75, 3.05) is 51.2 Å². The lowest BCUT2D eigenvalue weighted by atomic mass is 10.2. The van der Waals surface area contributed by atoms with Gasteiger partial charge in [-0.1, -0.05) is 13.8 Å². The summed E-state index contributed by atoms with van der Waals surface area (Å²) in [6.45, 7) is 6.54. The second-order valence-electron chi connectivity index (χ2n) is 5.82. The van der Waals surface area contributed by atoms with Crippen molar-refractivity contribution in [3.05, 3.63) is 20.8 Å². The van der Waals surface area contributed by atoms with Gasteiger partial charge in [0.1, 0.15) is 11.5 Å². The van der Waals surface area contributed by atoms with Crippen LogP contribution in [0.3, 0.4) is 0 Å². The van der Waals surface area contributed by atoms with Crippen LogP contribution in [-0.2, 0) is 16.0 Å². The Morgan fingerprint density at radius 2 is 1.83 bits per heavy atom. The van der Waals surface area contributed by atoms with Crippen LogP contribution >= 0.6 is 0 Å². The standard InChI is InChI=1S/C15H28N4O4/c1-11(2)10-19-13(16)12(14(20)17-15(19)21)18(7-9-23-4)6-5-8-22-3/h11H,5-10,16H2,1-4H3,(H,17,20,21). The molecule has 0 aromatic carbocycles. The fourth-order valence-electron chi connectivity index (χ4n) is 2.37. The molecule has 1 rings (SSSR count). The maximum atomic E-state index is 12.3. The maximum Gasteiger partial charge on any atom is 0.330 e. The van der Waals surface area contributed by atoms with E-state index in [4.69, 9.17) is 15.2 Å². The second kappa shape index (κ2) is 9.36. The van der Waals surface area contributed by atoms with Gasteiger partial charge in [-0.25, -0.2) is 4.79 Å². The minimum absolute atomic E-state index is 0.195. The average Bonchev–Trinajstić information content (AvgIpc) is 2.48. The first-order valence-electron chi connectivity index (χ1n) is 7.77. The predicted molar refractivity (Wildman–Crippen MR) is 91.2 cm³/mol. The number of ether oxygens (including phenoxy) is 2. The molecule has 0 saturated carbocycles. The lowest BCUT2D eigenvalue weighted by Gasteiger charge is -2.26. The van der Waals surface area contributed by atoms with Gasteiger partial charge in [0.05, 0.1) is 6.61 Å². The van der Waals surface area contributed by atoms with Gasteiger partial charge in [-0.15, -0.1) is 0 Å². The van der Waals surface area contributed by atoms with E-state index in [1.807, 2.05) is 18.7 Å². The highest BCUT2D eigenvalue weighted by Crippen LogP contribution is 2.17. The predicted octanol–water partition coefficient (Wildman–Crippen LogP) is 0.264. The highest BCUT2D eigenvalue weighted by molar-refractivity contribution is 5.62. The van der Waals surface area contributed by atoms with Crippen LogP contribution in [-0.4, -0.2) is 50.1 Å². The molecule has 0 aliphatic carbocycles. The van der Waals surface area contributed by atoms with Crippen molar-refractivity contribution in [3.8, 4) is 0 Å². The summed E-state index contributed by atoms with van der Waals surface area (Å²) >= 11 is 0. The summed E-state index contributed by atoms with van der Waals surface area (Å²) in [5, 5.41) is 0. The van der Waals surface area contributed by atoms with Crippen LogP contribution < -0.4 is 21.9 Å². The van der Waals surface area contributed by atoms with Crippen molar-refractivity contribution < 1.29 is 9.47 Å². The van der Waals surface area contributed by atoms with Crippen molar-refractivity contribution in [1.29, 1.82) is 0 Å². The summed E-state index contributed by atoms with van der Waals surface area (Å²) in [4.78, 5) is 28.5. The van der Waals surface area contributed by atoms with E-state index in [0.717, 1.165) is 6.42 Å². The molecule has 8 heteroatoms. The minimum Gasteiger partial charge on any atom is -0.385 e. The van der Waals surface area contributed by atoms with Gasteiger partial charge in [0, 0.05) is 40.5 Å². The molecule has 0 spiro atoms. The van der Waals surface area contributed by atoms with E-state index in [2.05, 4.69) is 4.98 Å². The molecule has 1 aromatic heterocycles. The number of hydrogen-bond acceptors (Lipinski definition) is 6. The maximum absolute atomic E-state index is 12.3. The first-order valence-corrected chi connectivity index (χ1v) is 7.77. The van der Waals surface area contributed by atoms with E-state index in [1.54, 1.807) is 14.2 Å². The number of nitrogens with one attached hydrogen (secondary N) is 1. The zero-order chi connectivity index (χ0) is 17.4. The molecule has 23 heavy (non-hydrogen) atoms. The Balaban J connectivity index is 3.22. The van der Waals surface area contributed by atoms with E-state index in [9.17, 15) is 9.59 Å². The van der Waals surface area contributed by atoms with E-state index >= 15 is 0 Å². The fourth-order valence-corrected chi connectivity index (χ4v) is 2.37. The summed E-state index contributed by atoms with van der Waals surface area (Å²) in [6, 6.07) is 0. The van der Waals surface area contributed by atoms with Gasteiger partial charge in [-0.05, 0) is 12.3 Å². The molecule has 0 aliphatic heterocycles. The molecule has 0 saturated heterocycles. The van der Waals surface area contributed by atoms with Crippen molar-refractivity contribution >= 4 is 11.5 Å². The monoisotopic (exact) mass is 328 g/mol. The average molecular weight is 328 g/mol. The first kappa shape index (κ1) is 19.2. The van der Waals surface area contributed by atoms with Gasteiger partial charge in [-0.2, -0.15) is 0 Å². The summed E-state index contributed by atoms with van der Waals surface area (Å²) in [6.07, 6.45) is 0.738. The molecule has 0 radical (unpaired) electrons. The number of aromatic amines is 1. The van der Waals surface area contributed by atoms with Crippen LogP contribution in [0.1, 0.15) is 20.3 Å². The van der Waals surface area contributed by atoms with Crippen LogP contribution in [0.4, 0.5) is 11.5 Å². The number of nitrogens with two attached hydrogens (primary N) is 1. The van der Waals surface area contributed by atoms with Crippen LogP contribution in [0.2, 0.25) is 0 Å². The van der Waals surface area contributed by atoms with Gasteiger partial charge in [0.2, 0.25) is 0 Å². The summed E-state index contributed by atoms with van der Waals surface area (Å²) in [7, 11) is 3.23. The Kier molecular flexibility index (Phi) is 7.84. The molecule has 0 fully saturated rings. The summed E-state index contributed by atoms with van der Waals surface area (Å²) in [5.41, 5.74) is 5.51. The molecule has 3 N–H and O–H groups in total. The van der Waals surface area contributed by atoms with E-state index < -0.39 is 11.2 Å². The topological polar surface area (TPSA) is 103 Å². The largest absolute Gasteiger partial charge is 0.385 e. The van der Waals surface area contributed by atoms with Gasteiger partial charge in [-0.3, -0.25) is 14.3 Å². The lowest BCUT2D eigenvalue weighted by molar-refractivity contribution is 0.191. The quantitative estimate of drug-likeness (QED) is 0.598. The third-order valence-corrected chi connectivity index (χ3v) is 3.42. The third-order valence-electron chi connectivity index (χ3n) is 3.42. The zero-order valence-corrected chi connectivity index (χ0v) is 14.4. The Morgan fingerprint density at radius 3 is 2.39 bits per heavy atom. The molecule has 132 valence electrons. The molecule has 8 nitrogen and oxygen atoms in total. The number of hydrogen-bond donors (Lipinski definition) is 2. The van der Waals surface area contributed by atoms with Gasteiger partial charge in [0.15, 0.2) is 0 Å². The SMILES string of the molecule is COCCCN(CCOC)c1c(N)n(CC(C)C)c(=O)[nH]c1=O. The fraction of sp³-hybridized carbons (Fsp3) is 0.733. The van der Waals surface area contributed by atoms with Crippen molar-refractivity contribution in [2.45, 2.75) is 26.8 Å². The Labute approximate surface area is 136 Å². The van der Waals surface area contributed by atoms with Crippen LogP contribution in [0.25, 0.3) is 0 Å². The molecule has 0 bridgehead atoms. The second-order valence-corrected chi connectivity index (χ2v) is 5.82. The van der Waals surface area contributed by atoms with Gasteiger partial charge < -0.3 is 20.1 Å². The molecule has 1 aromatic rings. The molecular formula is C15H28N4O4. The molecular weight excluding hydrogens is 300 g/mol. The van der Waals surface area contributed by atoms with Crippen LogP contribution in [0, 0.1) is 5.92 Å². The van der Waals surface area contributed by atoms with E-state index in [1.165, 1.54) is 4.57 Å².